The summed E-state index contributed by atoms with van der Waals surface area (Å²) in [6.45, 7) is 1.90. The standard InChI is InChI=1S/C23H25ClN6O/c1-29(18-8-12-30(13-9-18)19-6-10-26-11-7-19)21-4-3-17(25)14-20(21)23(31)28-22-5-2-16(24)15-27-22/h2-7,10-11,14-15,18H,8-9,12-13,25H2,1H3,(H,27,28,31). The number of halogens is 1. The van der Waals surface area contributed by atoms with Gasteiger partial charge in [-0.1, -0.05) is 11.6 Å². The van der Waals surface area contributed by atoms with E-state index in [1.807, 2.05) is 43.7 Å². The van der Waals surface area contributed by atoms with Crippen LogP contribution in [0.2, 0.25) is 5.02 Å². The van der Waals surface area contributed by atoms with Crippen molar-refractivity contribution in [3.63, 3.8) is 0 Å². The maximum absolute atomic E-state index is 13.0. The van der Waals surface area contributed by atoms with Crippen LogP contribution in [0, 0.1) is 0 Å². The van der Waals surface area contributed by atoms with E-state index in [2.05, 4.69) is 25.1 Å². The van der Waals surface area contributed by atoms with Crippen LogP contribution in [0.3, 0.4) is 0 Å². The monoisotopic (exact) mass is 436 g/mol. The van der Waals surface area contributed by atoms with Crippen LogP contribution >= 0.6 is 11.6 Å². The number of benzene rings is 1. The molecule has 0 bridgehead atoms. The Balaban J connectivity index is 1.49. The highest BCUT2D eigenvalue weighted by Crippen LogP contribution is 2.29. The van der Waals surface area contributed by atoms with E-state index in [1.165, 1.54) is 11.9 Å². The summed E-state index contributed by atoms with van der Waals surface area (Å²) >= 11 is 5.88. The first-order valence-electron chi connectivity index (χ1n) is 10.2. The molecule has 160 valence electrons. The number of aromatic nitrogens is 2. The van der Waals surface area contributed by atoms with Gasteiger partial charge in [-0.2, -0.15) is 0 Å². The number of rotatable bonds is 5. The van der Waals surface area contributed by atoms with Gasteiger partial charge in [0.05, 0.1) is 10.6 Å². The van der Waals surface area contributed by atoms with Crippen molar-refractivity contribution in [1.82, 2.24) is 9.97 Å². The highest BCUT2D eigenvalue weighted by atomic mass is 35.5. The van der Waals surface area contributed by atoms with Gasteiger partial charge in [-0.25, -0.2) is 4.98 Å². The molecule has 1 aliphatic heterocycles. The van der Waals surface area contributed by atoms with E-state index in [9.17, 15) is 4.79 Å². The van der Waals surface area contributed by atoms with Gasteiger partial charge in [0.15, 0.2) is 0 Å². The van der Waals surface area contributed by atoms with E-state index >= 15 is 0 Å². The maximum Gasteiger partial charge on any atom is 0.258 e. The number of hydrogen-bond donors (Lipinski definition) is 2. The summed E-state index contributed by atoms with van der Waals surface area (Å²) in [6.07, 6.45) is 7.12. The summed E-state index contributed by atoms with van der Waals surface area (Å²) in [4.78, 5) is 25.8. The Morgan fingerprint density at radius 3 is 2.58 bits per heavy atom. The second-order valence-corrected chi connectivity index (χ2v) is 8.06. The van der Waals surface area contributed by atoms with Gasteiger partial charge in [-0.15, -0.1) is 0 Å². The van der Waals surface area contributed by atoms with Gasteiger partial charge in [-0.3, -0.25) is 9.78 Å². The number of piperidine rings is 1. The average Bonchev–Trinajstić information content (AvgIpc) is 2.81. The summed E-state index contributed by atoms with van der Waals surface area (Å²) in [5, 5.41) is 3.35. The molecular weight excluding hydrogens is 412 g/mol. The van der Waals surface area contributed by atoms with Crippen LogP contribution in [0.5, 0.6) is 0 Å². The number of hydrogen-bond acceptors (Lipinski definition) is 6. The van der Waals surface area contributed by atoms with Crippen molar-refractivity contribution in [2.45, 2.75) is 18.9 Å². The Hall–Kier alpha value is -3.32. The Morgan fingerprint density at radius 1 is 1.16 bits per heavy atom. The Kier molecular flexibility index (Phi) is 6.23. The van der Waals surface area contributed by atoms with E-state index in [0.717, 1.165) is 31.6 Å². The summed E-state index contributed by atoms with van der Waals surface area (Å²) in [5.74, 6) is 0.189. The molecule has 0 radical (unpaired) electrons. The van der Waals surface area contributed by atoms with Crippen LogP contribution in [0.1, 0.15) is 23.2 Å². The summed E-state index contributed by atoms with van der Waals surface area (Å²) in [5.41, 5.74) is 9.10. The number of nitrogen functional groups attached to an aromatic ring is 1. The second-order valence-electron chi connectivity index (χ2n) is 7.63. The van der Waals surface area contributed by atoms with E-state index in [-0.39, 0.29) is 5.91 Å². The van der Waals surface area contributed by atoms with Crippen LogP contribution in [-0.4, -0.2) is 42.1 Å². The number of anilines is 4. The van der Waals surface area contributed by atoms with Gasteiger partial charge in [0.25, 0.3) is 5.91 Å². The maximum atomic E-state index is 13.0. The molecule has 0 spiro atoms. The molecule has 0 saturated carbocycles. The van der Waals surface area contributed by atoms with Gasteiger partial charge >= 0.3 is 0 Å². The third-order valence-electron chi connectivity index (χ3n) is 5.65. The molecule has 1 aromatic carbocycles. The quantitative estimate of drug-likeness (QED) is 0.586. The van der Waals surface area contributed by atoms with E-state index < -0.39 is 0 Å². The van der Waals surface area contributed by atoms with E-state index in [1.54, 1.807) is 18.2 Å². The van der Waals surface area contributed by atoms with Crippen molar-refractivity contribution >= 4 is 40.4 Å². The first kappa shape index (κ1) is 20.9. The molecule has 3 heterocycles. The lowest BCUT2D eigenvalue weighted by molar-refractivity contribution is 0.102. The van der Waals surface area contributed by atoms with Crippen LogP contribution in [0.4, 0.5) is 22.9 Å². The fourth-order valence-electron chi connectivity index (χ4n) is 3.94. The molecule has 1 saturated heterocycles. The molecular formula is C23H25ClN6O. The first-order chi connectivity index (χ1) is 15.0. The fraction of sp³-hybridized carbons (Fsp3) is 0.261. The summed E-state index contributed by atoms with van der Waals surface area (Å²) in [6, 6.07) is 13.2. The minimum atomic E-state index is -0.252. The normalized spacial score (nSPS) is 14.3. The zero-order valence-electron chi connectivity index (χ0n) is 17.3. The number of carbonyl (C=O) groups excluding carboxylic acids is 1. The molecule has 3 aromatic rings. The molecule has 1 aliphatic rings. The van der Waals surface area contributed by atoms with Crippen LogP contribution in [0.25, 0.3) is 0 Å². The molecule has 1 fully saturated rings. The van der Waals surface area contributed by atoms with Crippen molar-refractivity contribution in [3.05, 3.63) is 71.6 Å². The Bertz CT molecular complexity index is 1040. The fourth-order valence-corrected chi connectivity index (χ4v) is 4.05. The third kappa shape index (κ3) is 4.88. The van der Waals surface area contributed by atoms with E-state index in [0.29, 0.717) is 28.1 Å². The van der Waals surface area contributed by atoms with Gasteiger partial charge in [0.1, 0.15) is 5.82 Å². The van der Waals surface area contributed by atoms with Crippen molar-refractivity contribution in [3.8, 4) is 0 Å². The Morgan fingerprint density at radius 2 is 1.90 bits per heavy atom. The lowest BCUT2D eigenvalue weighted by Crippen LogP contribution is -2.44. The molecule has 1 amide bonds. The highest BCUT2D eigenvalue weighted by molar-refractivity contribution is 6.30. The zero-order chi connectivity index (χ0) is 21.8. The topological polar surface area (TPSA) is 87.4 Å². The molecule has 3 N–H and O–H groups in total. The molecule has 0 aliphatic carbocycles. The van der Waals surface area contributed by atoms with Crippen molar-refractivity contribution < 1.29 is 4.79 Å². The molecule has 31 heavy (non-hydrogen) atoms. The molecule has 2 aromatic heterocycles. The lowest BCUT2D eigenvalue weighted by atomic mass is 10.0. The summed E-state index contributed by atoms with van der Waals surface area (Å²) < 4.78 is 0. The number of amides is 1. The van der Waals surface area contributed by atoms with Crippen LogP contribution in [-0.2, 0) is 0 Å². The molecule has 4 rings (SSSR count). The number of nitrogens with one attached hydrogen (secondary N) is 1. The molecule has 8 heteroatoms. The number of nitrogens with two attached hydrogens (primary N) is 1. The van der Waals surface area contributed by atoms with Gasteiger partial charge in [0.2, 0.25) is 0 Å². The zero-order valence-corrected chi connectivity index (χ0v) is 18.1. The minimum Gasteiger partial charge on any atom is -0.399 e. The van der Waals surface area contributed by atoms with Crippen molar-refractivity contribution in [1.29, 1.82) is 0 Å². The number of pyridine rings is 2. The molecule has 0 unspecified atom stereocenters. The highest BCUT2D eigenvalue weighted by Gasteiger charge is 2.25. The largest absolute Gasteiger partial charge is 0.399 e. The smallest absolute Gasteiger partial charge is 0.258 e. The average molecular weight is 437 g/mol. The van der Waals surface area contributed by atoms with Gasteiger partial charge in [-0.05, 0) is 55.3 Å². The van der Waals surface area contributed by atoms with Crippen LogP contribution < -0.4 is 20.9 Å². The first-order valence-corrected chi connectivity index (χ1v) is 10.6. The lowest BCUT2D eigenvalue weighted by Gasteiger charge is -2.39. The van der Waals surface area contributed by atoms with Crippen molar-refractivity contribution in [2.75, 3.05) is 41.0 Å². The SMILES string of the molecule is CN(c1ccc(N)cc1C(=O)Nc1ccc(Cl)cn1)C1CCN(c2ccncc2)CC1. The number of carbonyl (C=O) groups is 1. The third-order valence-corrected chi connectivity index (χ3v) is 5.88. The predicted octanol–water partition coefficient (Wildman–Crippen LogP) is 4.07. The van der Waals surface area contributed by atoms with Crippen LogP contribution in [0.15, 0.2) is 61.1 Å². The second kappa shape index (κ2) is 9.22. The van der Waals surface area contributed by atoms with Gasteiger partial charge < -0.3 is 20.9 Å². The van der Waals surface area contributed by atoms with Crippen molar-refractivity contribution in [2.24, 2.45) is 0 Å². The minimum absolute atomic E-state index is 0.252. The van der Waals surface area contributed by atoms with E-state index in [4.69, 9.17) is 17.3 Å². The molecule has 7 nitrogen and oxygen atoms in total. The predicted molar refractivity (Wildman–Crippen MR) is 126 cm³/mol. The Labute approximate surface area is 186 Å². The van der Waals surface area contributed by atoms with Gasteiger partial charge in [0, 0.05) is 61.8 Å². The summed E-state index contributed by atoms with van der Waals surface area (Å²) in [7, 11) is 2.04. The molecule has 0 atom stereocenters. The number of nitrogens with zero attached hydrogens (tertiary/aromatic N) is 4.